The van der Waals surface area contributed by atoms with E-state index < -0.39 is 5.97 Å². The Hall–Kier alpha value is -2.25. The molecule has 0 amide bonds. The second-order valence-electron chi connectivity index (χ2n) is 7.83. The minimum atomic E-state index is -0.896. The molecular weight excluding hydrogens is 354 g/mol. The number of piperazine rings is 1. The number of nitrogens with zero attached hydrogens (tertiary/aromatic N) is 5. The SMILES string of the molecule is CCCn1nc(C(=O)O)c2c1CC[C@H](N1CCN(Cc3ccccn3)CC1)C2. The van der Waals surface area contributed by atoms with E-state index in [-0.39, 0.29) is 5.69 Å². The fourth-order valence-corrected chi connectivity index (χ4v) is 4.56. The highest BCUT2D eigenvalue weighted by molar-refractivity contribution is 5.87. The van der Waals surface area contributed by atoms with Crippen LogP contribution in [0.5, 0.6) is 0 Å². The van der Waals surface area contributed by atoms with Gasteiger partial charge in [-0.2, -0.15) is 5.10 Å². The van der Waals surface area contributed by atoms with Crippen LogP contribution in [-0.2, 0) is 25.9 Å². The molecule has 0 unspecified atom stereocenters. The molecule has 2 aromatic rings. The molecule has 2 aromatic heterocycles. The first-order valence-electron chi connectivity index (χ1n) is 10.3. The van der Waals surface area contributed by atoms with Crippen LogP contribution in [0.15, 0.2) is 24.4 Å². The fourth-order valence-electron chi connectivity index (χ4n) is 4.56. The van der Waals surface area contributed by atoms with Crippen LogP contribution in [0, 0.1) is 0 Å². The molecular formula is C21H29N5O2. The van der Waals surface area contributed by atoms with E-state index in [9.17, 15) is 9.90 Å². The van der Waals surface area contributed by atoms with Gasteiger partial charge in [-0.15, -0.1) is 0 Å². The topological polar surface area (TPSA) is 74.5 Å². The van der Waals surface area contributed by atoms with Crippen LogP contribution in [0.4, 0.5) is 0 Å². The van der Waals surface area contributed by atoms with E-state index in [1.807, 2.05) is 23.0 Å². The second kappa shape index (κ2) is 8.41. The lowest BCUT2D eigenvalue weighted by molar-refractivity contribution is 0.0684. The highest BCUT2D eigenvalue weighted by Crippen LogP contribution is 2.28. The first kappa shape index (κ1) is 19.1. The molecule has 0 bridgehead atoms. The molecule has 1 saturated heterocycles. The highest BCUT2D eigenvalue weighted by Gasteiger charge is 2.32. The molecule has 150 valence electrons. The van der Waals surface area contributed by atoms with Crippen molar-refractivity contribution in [1.82, 2.24) is 24.6 Å². The maximum atomic E-state index is 11.7. The average molecular weight is 383 g/mol. The van der Waals surface area contributed by atoms with Crippen molar-refractivity contribution in [2.24, 2.45) is 0 Å². The summed E-state index contributed by atoms with van der Waals surface area (Å²) in [5, 5.41) is 14.0. The highest BCUT2D eigenvalue weighted by atomic mass is 16.4. The summed E-state index contributed by atoms with van der Waals surface area (Å²) in [6.07, 6.45) is 5.63. The van der Waals surface area contributed by atoms with Crippen molar-refractivity contribution in [1.29, 1.82) is 0 Å². The summed E-state index contributed by atoms with van der Waals surface area (Å²) in [5.74, 6) is -0.896. The molecule has 0 spiro atoms. The zero-order valence-corrected chi connectivity index (χ0v) is 16.5. The molecule has 0 saturated carbocycles. The second-order valence-corrected chi connectivity index (χ2v) is 7.83. The van der Waals surface area contributed by atoms with Gasteiger partial charge in [-0.1, -0.05) is 13.0 Å². The Morgan fingerprint density at radius 1 is 1.25 bits per heavy atom. The van der Waals surface area contributed by atoms with E-state index in [1.54, 1.807) is 0 Å². The summed E-state index contributed by atoms with van der Waals surface area (Å²) in [6.45, 7) is 7.91. The van der Waals surface area contributed by atoms with Crippen molar-refractivity contribution in [2.45, 2.75) is 51.7 Å². The molecule has 1 N–H and O–H groups in total. The van der Waals surface area contributed by atoms with E-state index in [0.29, 0.717) is 6.04 Å². The number of fused-ring (bicyclic) bond motifs is 1. The molecule has 1 aliphatic heterocycles. The molecule has 7 heteroatoms. The number of carbonyl (C=O) groups is 1. The fraction of sp³-hybridized carbons (Fsp3) is 0.571. The van der Waals surface area contributed by atoms with Crippen molar-refractivity contribution in [3.8, 4) is 0 Å². The standard InChI is InChI=1S/C21H29N5O2/c1-2-9-26-19-7-6-17(14-18(19)20(23-26)21(27)28)25-12-10-24(11-13-25)15-16-5-3-4-8-22-16/h3-5,8,17H,2,6-7,9-15H2,1H3,(H,27,28)/t17-/m0/s1. The number of pyridine rings is 1. The van der Waals surface area contributed by atoms with Crippen LogP contribution in [0.3, 0.4) is 0 Å². The quantitative estimate of drug-likeness (QED) is 0.823. The van der Waals surface area contributed by atoms with Crippen molar-refractivity contribution in [3.05, 3.63) is 47.0 Å². The third-order valence-electron chi connectivity index (χ3n) is 5.99. The molecule has 1 atom stereocenters. The van der Waals surface area contributed by atoms with E-state index >= 15 is 0 Å². The predicted molar refractivity (Wildman–Crippen MR) is 106 cm³/mol. The Balaban J connectivity index is 1.39. The molecule has 1 fully saturated rings. The average Bonchev–Trinajstić information content (AvgIpc) is 3.08. The first-order chi connectivity index (χ1) is 13.7. The van der Waals surface area contributed by atoms with Gasteiger partial charge in [0, 0.05) is 62.8 Å². The Kier molecular flexibility index (Phi) is 5.73. The maximum Gasteiger partial charge on any atom is 0.356 e. The van der Waals surface area contributed by atoms with Crippen molar-refractivity contribution >= 4 is 5.97 Å². The minimum Gasteiger partial charge on any atom is -0.476 e. The molecule has 0 radical (unpaired) electrons. The summed E-state index contributed by atoms with van der Waals surface area (Å²) in [6, 6.07) is 6.49. The van der Waals surface area contributed by atoms with Gasteiger partial charge in [-0.05, 0) is 37.8 Å². The van der Waals surface area contributed by atoms with E-state index in [2.05, 4.69) is 32.9 Å². The number of carboxylic acids is 1. The van der Waals surface area contributed by atoms with Crippen molar-refractivity contribution in [3.63, 3.8) is 0 Å². The third-order valence-corrected chi connectivity index (χ3v) is 5.99. The zero-order valence-electron chi connectivity index (χ0n) is 16.5. The largest absolute Gasteiger partial charge is 0.476 e. The number of aryl methyl sites for hydroxylation is 1. The lowest BCUT2D eigenvalue weighted by Gasteiger charge is -2.40. The Labute approximate surface area is 166 Å². The molecule has 7 nitrogen and oxygen atoms in total. The van der Waals surface area contributed by atoms with E-state index in [4.69, 9.17) is 0 Å². The van der Waals surface area contributed by atoms with Gasteiger partial charge in [-0.3, -0.25) is 19.5 Å². The van der Waals surface area contributed by atoms with Gasteiger partial charge in [-0.25, -0.2) is 4.79 Å². The molecule has 1 aliphatic carbocycles. The molecule has 2 aliphatic rings. The van der Waals surface area contributed by atoms with Crippen molar-refractivity contribution < 1.29 is 9.90 Å². The van der Waals surface area contributed by atoms with Crippen LogP contribution >= 0.6 is 0 Å². The van der Waals surface area contributed by atoms with Crippen LogP contribution in [-0.4, -0.2) is 67.9 Å². The summed E-state index contributed by atoms with van der Waals surface area (Å²) in [7, 11) is 0. The molecule has 4 rings (SSSR count). The Bertz CT molecular complexity index is 812. The maximum absolute atomic E-state index is 11.7. The van der Waals surface area contributed by atoms with Gasteiger partial charge in [0.05, 0.1) is 5.69 Å². The van der Waals surface area contributed by atoms with Crippen LogP contribution < -0.4 is 0 Å². The van der Waals surface area contributed by atoms with Crippen LogP contribution in [0.25, 0.3) is 0 Å². The summed E-state index contributed by atoms with van der Waals surface area (Å²) in [4.78, 5) is 21.1. The van der Waals surface area contributed by atoms with Gasteiger partial charge in [0.2, 0.25) is 0 Å². The normalized spacial score (nSPS) is 20.8. The van der Waals surface area contributed by atoms with E-state index in [0.717, 1.165) is 81.9 Å². The number of hydrogen-bond acceptors (Lipinski definition) is 5. The van der Waals surface area contributed by atoms with Gasteiger partial charge < -0.3 is 5.11 Å². The summed E-state index contributed by atoms with van der Waals surface area (Å²) in [5.41, 5.74) is 3.49. The number of aromatic carboxylic acids is 1. The number of aromatic nitrogens is 3. The van der Waals surface area contributed by atoms with Gasteiger partial charge >= 0.3 is 5.97 Å². The number of rotatable bonds is 6. The monoisotopic (exact) mass is 383 g/mol. The first-order valence-corrected chi connectivity index (χ1v) is 10.3. The Morgan fingerprint density at radius 3 is 2.75 bits per heavy atom. The molecule has 28 heavy (non-hydrogen) atoms. The lowest BCUT2D eigenvalue weighted by atomic mass is 9.90. The zero-order chi connectivity index (χ0) is 19.5. The van der Waals surface area contributed by atoms with Crippen LogP contribution in [0.1, 0.15) is 47.2 Å². The van der Waals surface area contributed by atoms with Gasteiger partial charge in [0.15, 0.2) is 5.69 Å². The van der Waals surface area contributed by atoms with Crippen LogP contribution in [0.2, 0.25) is 0 Å². The summed E-state index contributed by atoms with van der Waals surface area (Å²) < 4.78 is 1.93. The smallest absolute Gasteiger partial charge is 0.356 e. The number of carboxylic acid groups (broad SMARTS) is 1. The third kappa shape index (κ3) is 3.95. The van der Waals surface area contributed by atoms with Gasteiger partial charge in [0.25, 0.3) is 0 Å². The van der Waals surface area contributed by atoms with Crippen molar-refractivity contribution in [2.75, 3.05) is 26.2 Å². The number of hydrogen-bond donors (Lipinski definition) is 1. The molecule has 3 heterocycles. The Morgan fingerprint density at radius 2 is 2.07 bits per heavy atom. The van der Waals surface area contributed by atoms with E-state index in [1.165, 1.54) is 0 Å². The lowest BCUT2D eigenvalue weighted by Crippen LogP contribution is -2.51. The molecule has 0 aromatic carbocycles. The minimum absolute atomic E-state index is 0.266. The van der Waals surface area contributed by atoms with Gasteiger partial charge in [0.1, 0.15) is 0 Å². The predicted octanol–water partition coefficient (Wildman–Crippen LogP) is 2.06. The summed E-state index contributed by atoms with van der Waals surface area (Å²) >= 11 is 0.